The zero-order chi connectivity index (χ0) is 25.4. The van der Waals surface area contributed by atoms with E-state index in [0.29, 0.717) is 6.54 Å². The summed E-state index contributed by atoms with van der Waals surface area (Å²) >= 11 is 6.96. The van der Waals surface area contributed by atoms with Gasteiger partial charge in [0.05, 0.1) is 16.7 Å². The van der Waals surface area contributed by atoms with E-state index in [1.165, 1.54) is 15.9 Å². The van der Waals surface area contributed by atoms with Crippen LogP contribution in [-0.2, 0) is 6.54 Å². The molecule has 8 nitrogen and oxygen atoms in total. The molecule has 1 saturated carbocycles. The van der Waals surface area contributed by atoms with Crippen LogP contribution >= 0.6 is 31.9 Å². The molecule has 36 heavy (non-hydrogen) atoms. The van der Waals surface area contributed by atoms with E-state index in [1.54, 1.807) is 0 Å². The van der Waals surface area contributed by atoms with Gasteiger partial charge in [-0.25, -0.2) is 5.01 Å². The molecule has 5 rings (SSSR count). The largest absolute Gasteiger partial charge is 0.320 e. The summed E-state index contributed by atoms with van der Waals surface area (Å²) in [5.74, 6) is -0.579. The van der Waals surface area contributed by atoms with E-state index in [2.05, 4.69) is 43.0 Å². The minimum absolute atomic E-state index is 0.0158. The normalized spacial score (nSPS) is 20.4. The van der Waals surface area contributed by atoms with Crippen molar-refractivity contribution in [1.29, 1.82) is 0 Å². The maximum atomic E-state index is 13.8. The summed E-state index contributed by atoms with van der Waals surface area (Å²) in [6.45, 7) is 2.24. The fourth-order valence-electron chi connectivity index (χ4n) is 4.89. The molecule has 184 valence electrons. The molecule has 1 amide bonds. The highest BCUT2D eigenvalue weighted by Crippen LogP contribution is 2.45. The van der Waals surface area contributed by atoms with Crippen LogP contribution in [0.15, 0.2) is 74.3 Å². The maximum absolute atomic E-state index is 13.8. The maximum Gasteiger partial charge on any atom is 0.320 e. The lowest BCUT2D eigenvalue weighted by atomic mass is 9.77. The number of benzene rings is 2. The number of hydrazone groups is 1. The smallest absolute Gasteiger partial charge is 0.265 e. The molecule has 0 unspecified atom stereocenters. The summed E-state index contributed by atoms with van der Waals surface area (Å²) in [6, 6.07) is 15.5. The lowest BCUT2D eigenvalue weighted by Crippen LogP contribution is -2.32. The van der Waals surface area contributed by atoms with E-state index < -0.39 is 10.8 Å². The van der Waals surface area contributed by atoms with E-state index in [9.17, 15) is 14.9 Å². The number of amides is 1. The molecule has 1 aromatic heterocycles. The number of rotatable bonds is 5. The molecule has 0 N–H and O–H groups in total. The van der Waals surface area contributed by atoms with Crippen molar-refractivity contribution in [3.63, 3.8) is 0 Å². The second-order valence-corrected chi connectivity index (χ2v) is 10.7. The monoisotopic (exact) mass is 611 g/mol. The Bertz CT molecular complexity index is 1380. The average Bonchev–Trinajstić information content (AvgIpc) is 3.49. The Morgan fingerprint density at radius 3 is 2.44 bits per heavy atom. The van der Waals surface area contributed by atoms with Crippen molar-refractivity contribution >= 4 is 55.2 Å². The van der Waals surface area contributed by atoms with Gasteiger partial charge in [-0.3, -0.25) is 19.6 Å². The molecule has 2 aliphatic rings. The van der Waals surface area contributed by atoms with Crippen molar-refractivity contribution in [2.24, 2.45) is 11.0 Å². The summed E-state index contributed by atoms with van der Waals surface area (Å²) in [6.07, 6.45) is 6.11. The van der Waals surface area contributed by atoms with Crippen LogP contribution < -0.4 is 0 Å². The molecular weight excluding hydrogens is 590 g/mol. The number of carbonyl (C=O) groups is 1. The van der Waals surface area contributed by atoms with Crippen LogP contribution in [0.5, 0.6) is 0 Å². The first-order valence-corrected chi connectivity index (χ1v) is 13.3. The van der Waals surface area contributed by atoms with Crippen LogP contribution in [0, 0.1) is 16.0 Å². The van der Waals surface area contributed by atoms with E-state index in [0.717, 1.165) is 50.6 Å². The zero-order valence-corrected chi connectivity index (χ0v) is 22.6. The van der Waals surface area contributed by atoms with Gasteiger partial charge in [-0.15, -0.1) is 0 Å². The molecule has 0 radical (unpaired) electrons. The van der Waals surface area contributed by atoms with Crippen molar-refractivity contribution < 1.29 is 9.72 Å². The van der Waals surface area contributed by atoms with Crippen LogP contribution in [0.4, 0.5) is 5.69 Å². The summed E-state index contributed by atoms with van der Waals surface area (Å²) in [5, 5.41) is 22.2. The van der Waals surface area contributed by atoms with Crippen LogP contribution in [0.3, 0.4) is 0 Å². The Labute approximate surface area is 225 Å². The van der Waals surface area contributed by atoms with Gasteiger partial charge < -0.3 is 0 Å². The number of halogens is 2. The van der Waals surface area contributed by atoms with Crippen molar-refractivity contribution in [2.45, 2.75) is 38.8 Å². The molecule has 3 aromatic rings. The number of nitro groups is 1. The minimum atomic E-state index is -0.563. The number of hydrogen-bond acceptors (Lipinski definition) is 5. The van der Waals surface area contributed by atoms with Crippen molar-refractivity contribution in [3.8, 4) is 0 Å². The van der Waals surface area contributed by atoms with Gasteiger partial charge in [0.1, 0.15) is 6.20 Å². The molecule has 10 heteroatoms. The molecule has 2 atom stereocenters. The lowest BCUT2D eigenvalue weighted by molar-refractivity contribution is -0.385. The summed E-state index contributed by atoms with van der Waals surface area (Å²) < 4.78 is 3.35. The van der Waals surface area contributed by atoms with Gasteiger partial charge in [0, 0.05) is 21.4 Å². The second kappa shape index (κ2) is 10.1. The number of fused-ring (bicyclic) bond motifs is 1. The number of hydrogen-bond donors (Lipinski definition) is 0. The Morgan fingerprint density at radius 1 is 1.14 bits per heavy atom. The molecule has 0 bridgehead atoms. The molecular formula is C26H23Br2N5O3. The molecule has 1 fully saturated rings. The molecule has 0 saturated heterocycles. The van der Waals surface area contributed by atoms with Gasteiger partial charge in [-0.05, 0) is 73.2 Å². The topological polar surface area (TPSA) is 93.6 Å². The van der Waals surface area contributed by atoms with Crippen molar-refractivity contribution in [3.05, 3.63) is 96.2 Å². The van der Waals surface area contributed by atoms with Crippen LogP contribution in [0.1, 0.15) is 53.8 Å². The Balaban J connectivity index is 1.60. The first-order valence-electron chi connectivity index (χ1n) is 11.7. The fraction of sp³-hybridized carbons (Fsp3) is 0.269. The third-order valence-electron chi connectivity index (χ3n) is 6.60. The molecule has 2 aromatic carbocycles. The van der Waals surface area contributed by atoms with E-state index in [-0.39, 0.29) is 23.3 Å². The SMILES string of the molecule is CCn1cc([N+](=O)[O-])c(C(=O)N2N=C3/C(=C/c4ccc(Br)cc4)CCC[C@@H]3[C@@H]2c2ccc(Br)cc2)n1. The predicted octanol–water partition coefficient (Wildman–Crippen LogP) is 6.77. The lowest BCUT2D eigenvalue weighted by Gasteiger charge is -2.29. The quantitative estimate of drug-likeness (QED) is 0.235. The highest BCUT2D eigenvalue weighted by molar-refractivity contribution is 9.10. The predicted molar refractivity (Wildman–Crippen MR) is 145 cm³/mol. The van der Waals surface area contributed by atoms with E-state index in [4.69, 9.17) is 5.10 Å². The van der Waals surface area contributed by atoms with Crippen LogP contribution in [0.25, 0.3) is 6.08 Å². The van der Waals surface area contributed by atoms with Crippen molar-refractivity contribution in [2.75, 3.05) is 0 Å². The Kier molecular flexibility index (Phi) is 6.90. The standard InChI is InChI=1S/C26H23Br2N5O3/c1-2-31-15-22(33(35)36)24(29-31)26(34)32-25(17-8-12-20(28)13-9-17)21-5-3-4-18(23(21)30-32)14-16-6-10-19(27)11-7-16/h6-15,21,25H,2-5H2,1H3/b18-14+/t21-,25-/m0/s1. The van der Waals surface area contributed by atoms with Crippen LogP contribution in [0.2, 0.25) is 0 Å². The number of allylic oxidation sites excluding steroid dienone is 1. The number of carbonyl (C=O) groups excluding carboxylic acids is 1. The number of aromatic nitrogens is 2. The van der Waals surface area contributed by atoms with Gasteiger partial charge >= 0.3 is 11.6 Å². The molecule has 1 aliphatic heterocycles. The summed E-state index contributed by atoms with van der Waals surface area (Å²) in [5.41, 5.74) is 3.43. The highest BCUT2D eigenvalue weighted by Gasteiger charge is 2.45. The summed E-state index contributed by atoms with van der Waals surface area (Å²) in [7, 11) is 0. The second-order valence-electron chi connectivity index (χ2n) is 8.83. The highest BCUT2D eigenvalue weighted by atomic mass is 79.9. The molecule has 2 heterocycles. The average molecular weight is 613 g/mol. The number of aryl methyl sites for hydroxylation is 1. The zero-order valence-electron chi connectivity index (χ0n) is 19.5. The van der Waals surface area contributed by atoms with E-state index >= 15 is 0 Å². The Morgan fingerprint density at radius 2 is 1.81 bits per heavy atom. The molecule has 1 aliphatic carbocycles. The third-order valence-corrected chi connectivity index (χ3v) is 7.66. The number of nitrogens with zero attached hydrogens (tertiary/aromatic N) is 5. The molecule has 0 spiro atoms. The minimum Gasteiger partial charge on any atom is -0.265 e. The van der Waals surface area contributed by atoms with Gasteiger partial charge in [0.15, 0.2) is 0 Å². The van der Waals surface area contributed by atoms with Crippen molar-refractivity contribution in [1.82, 2.24) is 14.8 Å². The van der Waals surface area contributed by atoms with Gasteiger partial charge in [0.25, 0.3) is 0 Å². The fourth-order valence-corrected chi connectivity index (χ4v) is 5.42. The first-order chi connectivity index (χ1) is 17.4. The van der Waals surface area contributed by atoms with Gasteiger partial charge in [0.2, 0.25) is 5.69 Å². The van der Waals surface area contributed by atoms with E-state index in [1.807, 2.05) is 55.5 Å². The first kappa shape index (κ1) is 24.6. The van der Waals surface area contributed by atoms with Gasteiger partial charge in [-0.1, -0.05) is 56.1 Å². The Hall–Kier alpha value is -3.11. The van der Waals surface area contributed by atoms with Gasteiger partial charge in [-0.2, -0.15) is 10.2 Å². The summed E-state index contributed by atoms with van der Waals surface area (Å²) in [4.78, 5) is 25.0. The van der Waals surface area contributed by atoms with Crippen LogP contribution in [-0.4, -0.2) is 31.3 Å². The third kappa shape index (κ3) is 4.67.